The number of thioether (sulfide) groups is 1. The number of carbonyl (C=O) groups excluding carboxylic acids is 1. The molecule has 0 radical (unpaired) electrons. The Hall–Kier alpha value is -0.380. The van der Waals surface area contributed by atoms with Crippen molar-refractivity contribution in [1.29, 1.82) is 0 Å². The third kappa shape index (κ3) is 6.04. The molecule has 0 saturated carbocycles. The first kappa shape index (κ1) is 10.6. The molecule has 0 aromatic heterocycles. The lowest BCUT2D eigenvalue weighted by Gasteiger charge is -2.08. The summed E-state index contributed by atoms with van der Waals surface area (Å²) in [6.07, 6.45) is 0.286. The van der Waals surface area contributed by atoms with Gasteiger partial charge < -0.3 is 0 Å². The summed E-state index contributed by atoms with van der Waals surface area (Å²) in [4.78, 5) is 10.3. The maximum Gasteiger partial charge on any atom is 0.267 e. The second kappa shape index (κ2) is 4.49. The first-order valence-corrected chi connectivity index (χ1v) is 4.11. The average Bonchev–Trinajstić information content (AvgIpc) is 1.87. The van der Waals surface area contributed by atoms with Gasteiger partial charge >= 0.3 is 0 Å². The molecule has 0 unspecified atom stereocenters. The zero-order valence-electron chi connectivity index (χ0n) is 6.27. The lowest BCUT2D eigenvalue weighted by molar-refractivity contribution is -0.109. The molecule has 0 N–H and O–H groups in total. The van der Waals surface area contributed by atoms with E-state index in [1.54, 1.807) is 0 Å². The number of alkyl halides is 2. The van der Waals surface area contributed by atoms with Crippen molar-refractivity contribution in [2.24, 2.45) is 0 Å². The van der Waals surface area contributed by atoms with Gasteiger partial charge in [0, 0.05) is 19.1 Å². The number of rotatable bonds is 4. The van der Waals surface area contributed by atoms with E-state index in [2.05, 4.69) is 6.58 Å². The van der Waals surface area contributed by atoms with Crippen molar-refractivity contribution in [1.82, 2.24) is 0 Å². The van der Waals surface area contributed by atoms with E-state index in [9.17, 15) is 13.6 Å². The van der Waals surface area contributed by atoms with E-state index in [0.29, 0.717) is 6.08 Å². The van der Waals surface area contributed by atoms with Crippen molar-refractivity contribution in [2.75, 3.05) is 5.75 Å². The molecule has 0 fully saturated rings. The van der Waals surface area contributed by atoms with Crippen LogP contribution >= 0.6 is 11.8 Å². The summed E-state index contributed by atoms with van der Waals surface area (Å²) in [7, 11) is 0. The Balaban J connectivity index is 3.53. The Bertz CT molecular complexity index is 157. The predicted molar refractivity (Wildman–Crippen MR) is 42.9 cm³/mol. The van der Waals surface area contributed by atoms with Crippen LogP contribution in [0.3, 0.4) is 0 Å². The molecule has 1 nitrogen and oxygen atoms in total. The van der Waals surface area contributed by atoms with Gasteiger partial charge in [0.25, 0.3) is 5.92 Å². The summed E-state index contributed by atoms with van der Waals surface area (Å²) in [5, 5.41) is -0.134. The van der Waals surface area contributed by atoms with Crippen molar-refractivity contribution in [3.63, 3.8) is 0 Å². The molecule has 0 atom stereocenters. The molecule has 0 aromatic rings. The van der Waals surface area contributed by atoms with Gasteiger partial charge in [0.1, 0.15) is 0 Å². The van der Waals surface area contributed by atoms with E-state index in [4.69, 9.17) is 0 Å². The molecular formula is C7H10F2OS. The molecule has 0 amide bonds. The highest BCUT2D eigenvalue weighted by Gasteiger charge is 2.23. The number of halogens is 2. The van der Waals surface area contributed by atoms with E-state index < -0.39 is 5.92 Å². The van der Waals surface area contributed by atoms with Crippen LogP contribution in [0.5, 0.6) is 0 Å². The molecule has 0 aromatic carbocycles. The minimum absolute atomic E-state index is 0.134. The monoisotopic (exact) mass is 180 g/mol. The van der Waals surface area contributed by atoms with Crippen LogP contribution in [-0.4, -0.2) is 16.8 Å². The zero-order chi connectivity index (χ0) is 8.91. The Morgan fingerprint density at radius 1 is 1.73 bits per heavy atom. The zero-order valence-corrected chi connectivity index (χ0v) is 7.09. The minimum Gasteiger partial charge on any atom is -0.288 e. The van der Waals surface area contributed by atoms with Gasteiger partial charge in [-0.1, -0.05) is 18.3 Å². The second-order valence-corrected chi connectivity index (χ2v) is 3.33. The Kier molecular flexibility index (Phi) is 4.33. The maximum atomic E-state index is 12.4. The predicted octanol–water partition coefficient (Wildman–Crippen LogP) is 2.48. The molecule has 0 saturated heterocycles. The molecule has 0 bridgehead atoms. The number of hydrogen-bond donors (Lipinski definition) is 0. The molecule has 0 aliphatic carbocycles. The van der Waals surface area contributed by atoms with Gasteiger partial charge in [0.2, 0.25) is 0 Å². The summed E-state index contributed by atoms with van der Waals surface area (Å²) < 4.78 is 24.7. The van der Waals surface area contributed by atoms with Gasteiger partial charge in [0.15, 0.2) is 5.12 Å². The number of allylic oxidation sites excluding steroid dienone is 1. The normalized spacial score (nSPS) is 11.2. The fourth-order valence-corrected chi connectivity index (χ4v) is 1.09. The fourth-order valence-electron chi connectivity index (χ4n) is 0.433. The van der Waals surface area contributed by atoms with E-state index in [-0.39, 0.29) is 17.3 Å². The van der Waals surface area contributed by atoms with Crippen LogP contribution in [-0.2, 0) is 4.79 Å². The summed E-state index contributed by atoms with van der Waals surface area (Å²) in [6.45, 7) is 4.34. The summed E-state index contributed by atoms with van der Waals surface area (Å²) in [6, 6.07) is 0. The Morgan fingerprint density at radius 2 is 2.27 bits per heavy atom. The molecule has 0 spiro atoms. The van der Waals surface area contributed by atoms with Crippen molar-refractivity contribution >= 4 is 16.9 Å². The van der Waals surface area contributed by atoms with Crippen LogP contribution in [0.4, 0.5) is 8.78 Å². The highest BCUT2D eigenvalue weighted by Crippen LogP contribution is 2.21. The molecule has 64 valence electrons. The van der Waals surface area contributed by atoms with Gasteiger partial charge in [-0.2, -0.15) is 0 Å². The second-order valence-electron chi connectivity index (χ2n) is 2.06. The molecule has 11 heavy (non-hydrogen) atoms. The number of carbonyl (C=O) groups is 1. The third-order valence-electron chi connectivity index (χ3n) is 1.04. The summed E-state index contributed by atoms with van der Waals surface area (Å²) in [5.74, 6) is -2.68. The quantitative estimate of drug-likeness (QED) is 0.618. The largest absolute Gasteiger partial charge is 0.288 e. The molecule has 0 aliphatic rings. The molecule has 0 heterocycles. The lowest BCUT2D eigenvalue weighted by atomic mass is 10.3. The van der Waals surface area contributed by atoms with Crippen molar-refractivity contribution < 1.29 is 13.6 Å². The van der Waals surface area contributed by atoms with Gasteiger partial charge in [0.05, 0.1) is 0 Å². The van der Waals surface area contributed by atoms with Crippen molar-refractivity contribution in [2.45, 2.75) is 19.3 Å². The number of hydrogen-bond acceptors (Lipinski definition) is 2. The Labute approximate surface area is 68.9 Å². The lowest BCUT2D eigenvalue weighted by Crippen LogP contribution is -2.12. The van der Waals surface area contributed by atoms with E-state index in [1.807, 2.05) is 0 Å². The summed E-state index contributed by atoms with van der Waals surface area (Å²) >= 11 is 0.907. The SMILES string of the molecule is C=CC(F)(F)CCSC(C)=O. The van der Waals surface area contributed by atoms with Crippen LogP contribution in [0.25, 0.3) is 0 Å². The van der Waals surface area contributed by atoms with E-state index in [0.717, 1.165) is 11.8 Å². The molecule has 4 heteroatoms. The first-order chi connectivity index (χ1) is 4.98. The molecular weight excluding hydrogens is 170 g/mol. The topological polar surface area (TPSA) is 17.1 Å². The van der Waals surface area contributed by atoms with Crippen molar-refractivity contribution in [3.8, 4) is 0 Å². The minimum atomic E-state index is -2.83. The average molecular weight is 180 g/mol. The standard InChI is InChI=1S/C7H10F2OS/c1-3-7(8,9)4-5-11-6(2)10/h3H,1,4-5H2,2H3. The Morgan fingerprint density at radius 3 is 2.64 bits per heavy atom. The van der Waals surface area contributed by atoms with E-state index >= 15 is 0 Å². The van der Waals surface area contributed by atoms with Crippen LogP contribution in [0.1, 0.15) is 13.3 Å². The van der Waals surface area contributed by atoms with Gasteiger partial charge in [-0.25, -0.2) is 8.78 Å². The van der Waals surface area contributed by atoms with Crippen LogP contribution in [0, 0.1) is 0 Å². The third-order valence-corrected chi connectivity index (χ3v) is 1.85. The van der Waals surface area contributed by atoms with Crippen LogP contribution < -0.4 is 0 Å². The highest BCUT2D eigenvalue weighted by molar-refractivity contribution is 8.13. The maximum absolute atomic E-state index is 12.4. The van der Waals surface area contributed by atoms with E-state index in [1.165, 1.54) is 6.92 Å². The van der Waals surface area contributed by atoms with Gasteiger partial charge in [-0.3, -0.25) is 4.79 Å². The van der Waals surface area contributed by atoms with Crippen LogP contribution in [0.15, 0.2) is 12.7 Å². The molecule has 0 aliphatic heterocycles. The smallest absolute Gasteiger partial charge is 0.267 e. The van der Waals surface area contributed by atoms with Gasteiger partial charge in [-0.05, 0) is 6.08 Å². The van der Waals surface area contributed by atoms with Gasteiger partial charge in [-0.15, -0.1) is 0 Å². The molecule has 0 rings (SSSR count). The van der Waals surface area contributed by atoms with Crippen molar-refractivity contribution in [3.05, 3.63) is 12.7 Å². The summed E-state index contributed by atoms with van der Waals surface area (Å²) in [5.41, 5.74) is 0. The fraction of sp³-hybridized carbons (Fsp3) is 0.571. The highest BCUT2D eigenvalue weighted by atomic mass is 32.2. The van der Waals surface area contributed by atoms with Crippen LogP contribution in [0.2, 0.25) is 0 Å². The first-order valence-electron chi connectivity index (χ1n) is 3.13.